The third-order valence-electron chi connectivity index (χ3n) is 3.41. The molecule has 0 aromatic carbocycles. The minimum atomic E-state index is 0.195. The van der Waals surface area contributed by atoms with Crippen LogP contribution in [0.1, 0.15) is 58.8 Å². The predicted molar refractivity (Wildman–Crippen MR) is 60.7 cm³/mol. The summed E-state index contributed by atoms with van der Waals surface area (Å²) in [5, 5.41) is 0. The summed E-state index contributed by atoms with van der Waals surface area (Å²) in [6, 6.07) is 0. The summed E-state index contributed by atoms with van der Waals surface area (Å²) in [7, 11) is 0. The van der Waals surface area contributed by atoms with Gasteiger partial charge in [0.15, 0.2) is 0 Å². The van der Waals surface area contributed by atoms with Crippen molar-refractivity contribution in [3.8, 4) is 0 Å². The van der Waals surface area contributed by atoms with Crippen LogP contribution in [0.25, 0.3) is 0 Å². The molecule has 0 bridgehead atoms. The number of Topliss-reactive ketones (excluding diaryl/α,β-unsaturated/α-hetero) is 2. The van der Waals surface area contributed by atoms with Crippen LogP contribution in [-0.4, -0.2) is 11.6 Å². The summed E-state index contributed by atoms with van der Waals surface area (Å²) >= 11 is 0. The van der Waals surface area contributed by atoms with Crippen molar-refractivity contribution < 1.29 is 9.59 Å². The fraction of sp³-hybridized carbons (Fsp3) is 0.846. The zero-order chi connectivity index (χ0) is 11.3. The van der Waals surface area contributed by atoms with Gasteiger partial charge in [-0.05, 0) is 25.7 Å². The summed E-state index contributed by atoms with van der Waals surface area (Å²) in [6.07, 6.45) is 6.80. The van der Waals surface area contributed by atoms with Gasteiger partial charge in [-0.15, -0.1) is 0 Å². The van der Waals surface area contributed by atoms with Gasteiger partial charge in [0.05, 0.1) is 0 Å². The van der Waals surface area contributed by atoms with Gasteiger partial charge in [0, 0.05) is 18.8 Å². The van der Waals surface area contributed by atoms with Gasteiger partial charge in [-0.25, -0.2) is 0 Å². The molecule has 86 valence electrons. The molecule has 0 N–H and O–H groups in total. The van der Waals surface area contributed by atoms with Gasteiger partial charge >= 0.3 is 0 Å². The monoisotopic (exact) mass is 210 g/mol. The van der Waals surface area contributed by atoms with Crippen molar-refractivity contribution >= 4 is 11.6 Å². The molecule has 2 nitrogen and oxygen atoms in total. The second-order valence-corrected chi connectivity index (χ2v) is 4.77. The molecule has 0 amide bonds. The Morgan fingerprint density at radius 1 is 1.40 bits per heavy atom. The Hall–Kier alpha value is -0.660. The van der Waals surface area contributed by atoms with Crippen LogP contribution < -0.4 is 0 Å². The van der Waals surface area contributed by atoms with Gasteiger partial charge in [-0.2, -0.15) is 0 Å². The minimum Gasteiger partial charge on any atom is -0.300 e. The lowest BCUT2D eigenvalue weighted by molar-refractivity contribution is -0.122. The standard InChI is InChI=1S/C13H22O2/c1-3-4-5-6-12-11(9-10(2)14)7-8-13(12)15/h11-12H,3-9H2,1-2H3/t11-,12+/m0/s1. The normalized spacial score (nSPS) is 25.9. The molecule has 0 heterocycles. The first kappa shape index (κ1) is 12.4. The fourth-order valence-electron chi connectivity index (χ4n) is 2.60. The maximum Gasteiger partial charge on any atom is 0.136 e. The van der Waals surface area contributed by atoms with E-state index < -0.39 is 0 Å². The van der Waals surface area contributed by atoms with Gasteiger partial charge < -0.3 is 4.79 Å². The summed E-state index contributed by atoms with van der Waals surface area (Å²) in [5.74, 6) is 1.18. The number of ketones is 2. The number of carbonyl (C=O) groups excluding carboxylic acids is 2. The quantitative estimate of drug-likeness (QED) is 0.631. The Labute approximate surface area is 92.4 Å². The molecule has 2 atom stereocenters. The Bertz CT molecular complexity index is 233. The van der Waals surface area contributed by atoms with Crippen LogP contribution >= 0.6 is 0 Å². The Kier molecular flexibility index (Phi) is 5.00. The maximum atomic E-state index is 11.6. The lowest BCUT2D eigenvalue weighted by Gasteiger charge is -2.16. The summed E-state index contributed by atoms with van der Waals surface area (Å²) in [6.45, 7) is 3.80. The van der Waals surface area contributed by atoms with E-state index in [4.69, 9.17) is 0 Å². The van der Waals surface area contributed by atoms with Crippen LogP contribution in [0.15, 0.2) is 0 Å². The Morgan fingerprint density at radius 2 is 2.13 bits per heavy atom. The number of rotatable bonds is 6. The molecule has 1 saturated carbocycles. The second kappa shape index (κ2) is 6.04. The van der Waals surface area contributed by atoms with E-state index >= 15 is 0 Å². The Morgan fingerprint density at radius 3 is 2.73 bits per heavy atom. The van der Waals surface area contributed by atoms with Crippen LogP contribution in [0, 0.1) is 11.8 Å². The van der Waals surface area contributed by atoms with E-state index in [2.05, 4.69) is 6.92 Å². The van der Waals surface area contributed by atoms with E-state index in [0.29, 0.717) is 24.5 Å². The van der Waals surface area contributed by atoms with E-state index in [1.54, 1.807) is 6.92 Å². The van der Waals surface area contributed by atoms with Gasteiger partial charge in [-0.1, -0.05) is 26.2 Å². The molecule has 1 aliphatic rings. The van der Waals surface area contributed by atoms with Gasteiger partial charge in [0.25, 0.3) is 0 Å². The average Bonchev–Trinajstić information content (AvgIpc) is 2.49. The molecule has 2 heteroatoms. The summed E-state index contributed by atoms with van der Waals surface area (Å²) < 4.78 is 0. The second-order valence-electron chi connectivity index (χ2n) is 4.77. The molecule has 0 aromatic rings. The highest BCUT2D eigenvalue weighted by Crippen LogP contribution is 2.35. The van der Waals surface area contributed by atoms with Crippen LogP contribution in [0.2, 0.25) is 0 Å². The molecule has 0 spiro atoms. The van der Waals surface area contributed by atoms with Crippen molar-refractivity contribution in [2.45, 2.75) is 58.8 Å². The molecular weight excluding hydrogens is 188 g/mol. The smallest absolute Gasteiger partial charge is 0.136 e. The first-order valence-electron chi connectivity index (χ1n) is 6.17. The van der Waals surface area contributed by atoms with Crippen LogP contribution in [0.4, 0.5) is 0 Å². The summed E-state index contributed by atoms with van der Waals surface area (Å²) in [5.41, 5.74) is 0. The summed E-state index contributed by atoms with van der Waals surface area (Å²) in [4.78, 5) is 22.7. The van der Waals surface area contributed by atoms with Crippen LogP contribution in [0.3, 0.4) is 0 Å². The number of unbranched alkanes of at least 4 members (excludes halogenated alkanes) is 2. The van der Waals surface area contributed by atoms with Crippen molar-refractivity contribution in [2.24, 2.45) is 11.8 Å². The van der Waals surface area contributed by atoms with Crippen molar-refractivity contribution in [3.63, 3.8) is 0 Å². The van der Waals surface area contributed by atoms with Crippen molar-refractivity contribution in [2.75, 3.05) is 0 Å². The molecule has 0 unspecified atom stereocenters. The molecule has 1 aliphatic carbocycles. The predicted octanol–water partition coefficient (Wildman–Crippen LogP) is 3.14. The third-order valence-corrected chi connectivity index (χ3v) is 3.41. The third kappa shape index (κ3) is 3.77. The molecule has 1 rings (SSSR count). The Balaban J connectivity index is 2.41. The zero-order valence-electron chi connectivity index (χ0n) is 9.92. The molecule has 0 saturated heterocycles. The van der Waals surface area contributed by atoms with E-state index in [1.165, 1.54) is 12.8 Å². The highest BCUT2D eigenvalue weighted by Gasteiger charge is 2.34. The number of hydrogen-bond donors (Lipinski definition) is 0. The number of hydrogen-bond acceptors (Lipinski definition) is 2. The molecule has 15 heavy (non-hydrogen) atoms. The highest BCUT2D eigenvalue weighted by molar-refractivity contribution is 5.85. The van der Waals surface area contributed by atoms with Gasteiger partial charge in [0.2, 0.25) is 0 Å². The topological polar surface area (TPSA) is 34.1 Å². The SMILES string of the molecule is CCCCC[C@H]1C(=O)CC[C@H]1CC(C)=O. The fourth-order valence-corrected chi connectivity index (χ4v) is 2.60. The van der Waals surface area contributed by atoms with Gasteiger partial charge in [0.1, 0.15) is 11.6 Å². The van der Waals surface area contributed by atoms with Crippen molar-refractivity contribution in [1.29, 1.82) is 0 Å². The minimum absolute atomic E-state index is 0.195. The van der Waals surface area contributed by atoms with E-state index in [-0.39, 0.29) is 11.7 Å². The molecular formula is C13H22O2. The molecule has 0 aliphatic heterocycles. The molecule has 0 radical (unpaired) electrons. The maximum absolute atomic E-state index is 11.6. The lowest BCUT2D eigenvalue weighted by atomic mass is 9.87. The van der Waals surface area contributed by atoms with Crippen LogP contribution in [-0.2, 0) is 9.59 Å². The van der Waals surface area contributed by atoms with Crippen molar-refractivity contribution in [3.05, 3.63) is 0 Å². The average molecular weight is 210 g/mol. The highest BCUT2D eigenvalue weighted by atomic mass is 16.1. The first-order chi connectivity index (χ1) is 7.15. The molecule has 1 fully saturated rings. The largest absolute Gasteiger partial charge is 0.300 e. The number of carbonyl (C=O) groups is 2. The lowest BCUT2D eigenvalue weighted by Crippen LogP contribution is -2.17. The van der Waals surface area contributed by atoms with E-state index in [1.807, 2.05) is 0 Å². The van der Waals surface area contributed by atoms with Crippen LogP contribution in [0.5, 0.6) is 0 Å². The zero-order valence-corrected chi connectivity index (χ0v) is 9.92. The first-order valence-corrected chi connectivity index (χ1v) is 6.17. The van der Waals surface area contributed by atoms with E-state index in [0.717, 1.165) is 19.3 Å². The molecule has 0 aromatic heterocycles. The van der Waals surface area contributed by atoms with E-state index in [9.17, 15) is 9.59 Å². The van der Waals surface area contributed by atoms with Crippen molar-refractivity contribution in [1.82, 2.24) is 0 Å². The van der Waals surface area contributed by atoms with Gasteiger partial charge in [-0.3, -0.25) is 4.79 Å².